The number of benzene rings is 1. The molecule has 0 bridgehead atoms. The Kier molecular flexibility index (Phi) is 4.46. The second-order valence-electron chi connectivity index (χ2n) is 6.92. The van der Waals surface area contributed by atoms with Crippen molar-refractivity contribution in [2.75, 3.05) is 5.43 Å². The van der Waals surface area contributed by atoms with E-state index in [9.17, 15) is 14.7 Å². The maximum absolute atomic E-state index is 13.3. The topological polar surface area (TPSA) is 84.2 Å². The molecule has 0 aliphatic carbocycles. The molecule has 0 atom stereocenters. The second kappa shape index (κ2) is 6.46. The van der Waals surface area contributed by atoms with Gasteiger partial charge in [-0.25, -0.2) is 19.9 Å². The highest BCUT2D eigenvalue weighted by Gasteiger charge is 2.28. The molecule has 0 fully saturated rings. The molecule has 2 N–H and O–H groups in total. The summed E-state index contributed by atoms with van der Waals surface area (Å²) in [5, 5.41) is 9.95. The number of nitrogens with zero attached hydrogens (tertiary/aromatic N) is 2. The van der Waals surface area contributed by atoms with Gasteiger partial charge in [-0.3, -0.25) is 4.79 Å². The van der Waals surface area contributed by atoms with Gasteiger partial charge in [0.15, 0.2) is 0 Å². The van der Waals surface area contributed by atoms with E-state index in [0.717, 1.165) is 10.2 Å². The fraction of sp³-hybridized carbons (Fsp3) is 0.211. The third kappa shape index (κ3) is 3.04. The average Bonchev–Trinajstić information content (AvgIpc) is 2.56. The first kappa shape index (κ1) is 17.9. The quantitative estimate of drug-likeness (QED) is 0.660. The van der Waals surface area contributed by atoms with Crippen molar-refractivity contribution >= 4 is 28.6 Å². The number of amides is 1. The van der Waals surface area contributed by atoms with Gasteiger partial charge in [0.25, 0.3) is 5.56 Å². The highest BCUT2D eigenvalue weighted by atomic mass is 35.5. The summed E-state index contributed by atoms with van der Waals surface area (Å²) in [7, 11) is 0. The number of carbonyl (C=O) groups is 1. The number of pyridine rings is 2. The lowest BCUT2D eigenvalue weighted by Crippen LogP contribution is -2.35. The summed E-state index contributed by atoms with van der Waals surface area (Å²) in [5.74, 6) is 0. The monoisotopic (exact) mass is 371 g/mol. The molecule has 134 valence electrons. The molecule has 0 radical (unpaired) electrons. The molecular weight excluding hydrogens is 354 g/mol. The number of carboxylic acid groups (broad SMARTS) is 1. The number of fused-ring (bicyclic) bond motifs is 1. The summed E-state index contributed by atoms with van der Waals surface area (Å²) in [6.07, 6.45) is 0.0996. The minimum Gasteiger partial charge on any atom is -0.464 e. The Labute approximate surface area is 155 Å². The van der Waals surface area contributed by atoms with Crippen molar-refractivity contribution in [1.82, 2.24) is 9.66 Å². The maximum atomic E-state index is 13.3. The smallest absolute Gasteiger partial charge is 0.424 e. The van der Waals surface area contributed by atoms with Gasteiger partial charge in [0.2, 0.25) is 0 Å². The Balaban J connectivity index is 2.60. The minimum absolute atomic E-state index is 0.213. The van der Waals surface area contributed by atoms with E-state index in [-0.39, 0.29) is 5.15 Å². The Morgan fingerprint density at radius 3 is 2.42 bits per heavy atom. The summed E-state index contributed by atoms with van der Waals surface area (Å²) >= 11 is 6.39. The lowest BCUT2D eigenvalue weighted by atomic mass is 9.80. The summed E-state index contributed by atoms with van der Waals surface area (Å²) in [4.78, 5) is 28.7. The Hall–Kier alpha value is -2.86. The average molecular weight is 372 g/mol. The molecule has 3 aromatic rings. The highest BCUT2D eigenvalue weighted by molar-refractivity contribution is 6.34. The van der Waals surface area contributed by atoms with Gasteiger partial charge in [-0.1, -0.05) is 62.7 Å². The molecule has 0 unspecified atom stereocenters. The van der Waals surface area contributed by atoms with Crippen molar-refractivity contribution in [3.8, 4) is 11.1 Å². The third-order valence-corrected chi connectivity index (χ3v) is 4.35. The van der Waals surface area contributed by atoms with Crippen LogP contribution in [0.3, 0.4) is 0 Å². The molecule has 3 rings (SSSR count). The fourth-order valence-electron chi connectivity index (χ4n) is 3.13. The molecular formula is C19H18ClN3O3. The fourth-order valence-corrected chi connectivity index (χ4v) is 3.37. The Morgan fingerprint density at radius 2 is 1.85 bits per heavy atom. The van der Waals surface area contributed by atoms with E-state index in [2.05, 4.69) is 10.4 Å². The van der Waals surface area contributed by atoms with Gasteiger partial charge in [0.1, 0.15) is 5.15 Å². The number of rotatable bonds is 2. The van der Waals surface area contributed by atoms with E-state index in [1.807, 2.05) is 51.1 Å². The molecule has 2 heterocycles. The van der Waals surface area contributed by atoms with Crippen LogP contribution < -0.4 is 11.0 Å². The first-order valence-corrected chi connectivity index (χ1v) is 8.38. The molecule has 0 aliphatic rings. The minimum atomic E-state index is -1.34. The van der Waals surface area contributed by atoms with Gasteiger partial charge in [0.05, 0.1) is 11.1 Å². The zero-order chi connectivity index (χ0) is 19.1. The highest BCUT2D eigenvalue weighted by Crippen LogP contribution is 2.38. The van der Waals surface area contributed by atoms with Crippen LogP contribution in [0.5, 0.6) is 0 Å². The molecule has 0 saturated carbocycles. The zero-order valence-electron chi connectivity index (χ0n) is 14.6. The van der Waals surface area contributed by atoms with Gasteiger partial charge in [-0.2, -0.15) is 0 Å². The number of nitrogens with one attached hydrogen (secondary N) is 1. The molecule has 2 aromatic heterocycles. The summed E-state index contributed by atoms with van der Waals surface area (Å²) < 4.78 is 1.00. The van der Waals surface area contributed by atoms with E-state index < -0.39 is 17.1 Å². The van der Waals surface area contributed by atoms with Crippen molar-refractivity contribution in [2.24, 2.45) is 0 Å². The predicted molar refractivity (Wildman–Crippen MR) is 103 cm³/mol. The molecule has 6 nitrogen and oxygen atoms in total. The van der Waals surface area contributed by atoms with Crippen LogP contribution in [0.2, 0.25) is 5.15 Å². The first-order valence-electron chi connectivity index (χ1n) is 8.01. The van der Waals surface area contributed by atoms with Gasteiger partial charge >= 0.3 is 6.09 Å². The summed E-state index contributed by atoms with van der Waals surface area (Å²) in [5.41, 5.74) is 3.45. The van der Waals surface area contributed by atoms with Crippen LogP contribution >= 0.6 is 11.6 Å². The molecule has 0 spiro atoms. The number of aromatic nitrogens is 2. The summed E-state index contributed by atoms with van der Waals surface area (Å²) in [6, 6.07) is 10.7. The van der Waals surface area contributed by atoms with Gasteiger partial charge < -0.3 is 5.11 Å². The largest absolute Gasteiger partial charge is 0.464 e. The third-order valence-electron chi connectivity index (χ3n) is 4.06. The molecule has 26 heavy (non-hydrogen) atoms. The van der Waals surface area contributed by atoms with Crippen LogP contribution in [-0.4, -0.2) is 20.9 Å². The predicted octanol–water partition coefficient (Wildman–Crippen LogP) is 4.24. The van der Waals surface area contributed by atoms with E-state index >= 15 is 0 Å². The molecule has 7 heteroatoms. The Morgan fingerprint density at radius 1 is 1.19 bits per heavy atom. The van der Waals surface area contributed by atoms with Crippen LogP contribution in [0, 0.1) is 0 Å². The zero-order valence-corrected chi connectivity index (χ0v) is 15.3. The van der Waals surface area contributed by atoms with Gasteiger partial charge in [-0.05, 0) is 22.6 Å². The first-order chi connectivity index (χ1) is 12.2. The van der Waals surface area contributed by atoms with Crippen molar-refractivity contribution in [3.05, 3.63) is 63.7 Å². The molecule has 0 aliphatic heterocycles. The maximum Gasteiger partial charge on any atom is 0.424 e. The Bertz CT molecular complexity index is 1050. The lowest BCUT2D eigenvalue weighted by molar-refractivity contribution is 0.206. The second-order valence-corrected chi connectivity index (χ2v) is 7.28. The van der Waals surface area contributed by atoms with Crippen LogP contribution in [0.15, 0.2) is 47.4 Å². The van der Waals surface area contributed by atoms with E-state index in [1.54, 1.807) is 6.07 Å². The van der Waals surface area contributed by atoms with Crippen molar-refractivity contribution in [3.63, 3.8) is 0 Å². The summed E-state index contributed by atoms with van der Waals surface area (Å²) in [6.45, 7) is 5.93. The SMILES string of the molecule is CC(C)(C)c1c(-c2ccccc2)c(=O)n(NC(=O)O)c2ccnc(Cl)c12. The van der Waals surface area contributed by atoms with Crippen molar-refractivity contribution in [1.29, 1.82) is 0 Å². The van der Waals surface area contributed by atoms with Gasteiger partial charge in [0, 0.05) is 11.6 Å². The van der Waals surface area contributed by atoms with Crippen molar-refractivity contribution in [2.45, 2.75) is 26.2 Å². The number of halogens is 1. The van der Waals surface area contributed by atoms with Crippen LogP contribution in [-0.2, 0) is 5.41 Å². The normalized spacial score (nSPS) is 11.5. The molecule has 1 aromatic carbocycles. The van der Waals surface area contributed by atoms with Crippen LogP contribution in [0.1, 0.15) is 26.3 Å². The van der Waals surface area contributed by atoms with E-state index in [4.69, 9.17) is 11.6 Å². The van der Waals surface area contributed by atoms with Crippen LogP contribution in [0.4, 0.5) is 4.79 Å². The number of hydrogen-bond acceptors (Lipinski definition) is 3. The molecule has 1 amide bonds. The van der Waals surface area contributed by atoms with Crippen LogP contribution in [0.25, 0.3) is 22.0 Å². The van der Waals surface area contributed by atoms with Crippen molar-refractivity contribution < 1.29 is 9.90 Å². The standard InChI is InChI=1S/C19H18ClN3O3/c1-19(2,3)15-13(11-7-5-4-6-8-11)17(24)23(22-18(25)26)12-9-10-21-16(20)14(12)15/h4-10,22H,1-3H3,(H,25,26). The van der Waals surface area contributed by atoms with E-state index in [0.29, 0.717) is 22.0 Å². The lowest BCUT2D eigenvalue weighted by Gasteiger charge is -2.26. The molecule has 0 saturated heterocycles. The number of hydrogen-bond donors (Lipinski definition) is 2. The van der Waals surface area contributed by atoms with Gasteiger partial charge in [-0.15, -0.1) is 0 Å². The van der Waals surface area contributed by atoms with E-state index in [1.165, 1.54) is 6.20 Å².